The first-order chi connectivity index (χ1) is 14.9. The number of hydrogen-bond donors (Lipinski definition) is 2. The first kappa shape index (κ1) is 23.6. The third kappa shape index (κ3) is 4.44. The predicted molar refractivity (Wildman–Crippen MR) is 113 cm³/mol. The lowest BCUT2D eigenvalue weighted by Gasteiger charge is -2.27. The normalized spacial score (nSPS) is 14.2. The number of ether oxygens (including phenoxy) is 1. The number of esters is 1. The molecule has 0 saturated heterocycles. The van der Waals surface area contributed by atoms with Crippen molar-refractivity contribution in [2.24, 2.45) is 0 Å². The third-order valence-corrected chi connectivity index (χ3v) is 5.35. The lowest BCUT2D eigenvalue weighted by atomic mass is 9.92. The second-order valence-corrected chi connectivity index (χ2v) is 8.91. The predicted octanol–water partition coefficient (Wildman–Crippen LogP) is 3.37. The molecule has 172 valence electrons. The van der Waals surface area contributed by atoms with Crippen LogP contribution in [-0.2, 0) is 31.7 Å². The molecular formula is C21H21F3N2O5S. The number of anilines is 1. The summed E-state index contributed by atoms with van der Waals surface area (Å²) in [5.41, 5.74) is -3.93. The van der Waals surface area contributed by atoms with E-state index in [1.54, 1.807) is 30.3 Å². The number of carbonyl (C=O) groups excluding carboxylic acids is 1. The molecule has 0 radical (unpaired) electrons. The standard InChI is InChI=1S/C21H21F3N2O5S/c1-3-31-19(27)20(28,21(22,23)24)16-13-26(12-14-8-5-4-6-9-14)18-15(16)10-7-11-17(18)25-32(2,29)30/h4-11,13,25,28H,3,12H2,1-2H3. The van der Waals surface area contributed by atoms with Gasteiger partial charge in [-0.2, -0.15) is 13.2 Å². The van der Waals surface area contributed by atoms with E-state index in [0.29, 0.717) is 5.56 Å². The van der Waals surface area contributed by atoms with Crippen LogP contribution in [0.1, 0.15) is 18.1 Å². The highest BCUT2D eigenvalue weighted by Gasteiger charge is 2.63. The summed E-state index contributed by atoms with van der Waals surface area (Å²) < 4.78 is 74.0. The molecule has 2 N–H and O–H groups in total. The molecule has 1 aromatic heterocycles. The fourth-order valence-corrected chi connectivity index (χ4v) is 4.01. The van der Waals surface area contributed by atoms with Gasteiger partial charge in [0.15, 0.2) is 0 Å². The average Bonchev–Trinajstić information content (AvgIpc) is 3.06. The molecule has 0 spiro atoms. The van der Waals surface area contributed by atoms with Gasteiger partial charge >= 0.3 is 12.1 Å². The third-order valence-electron chi connectivity index (χ3n) is 4.76. The highest BCUT2D eigenvalue weighted by atomic mass is 32.2. The Bertz CT molecular complexity index is 1240. The number of nitrogens with zero attached hydrogens (tertiary/aromatic N) is 1. The summed E-state index contributed by atoms with van der Waals surface area (Å²) in [6.07, 6.45) is -3.50. The van der Waals surface area contributed by atoms with Gasteiger partial charge < -0.3 is 14.4 Å². The fourth-order valence-electron chi connectivity index (χ4n) is 3.45. The number of hydrogen-bond acceptors (Lipinski definition) is 5. The Kier molecular flexibility index (Phi) is 6.25. The van der Waals surface area contributed by atoms with Crippen LogP contribution in [0.4, 0.5) is 18.9 Å². The van der Waals surface area contributed by atoms with Crippen molar-refractivity contribution in [1.29, 1.82) is 0 Å². The molecule has 0 aliphatic rings. The Morgan fingerprint density at radius 2 is 1.78 bits per heavy atom. The molecule has 3 rings (SSSR count). The average molecular weight is 470 g/mol. The van der Waals surface area contributed by atoms with Gasteiger partial charge in [-0.3, -0.25) is 4.72 Å². The van der Waals surface area contributed by atoms with Gasteiger partial charge in [-0.25, -0.2) is 13.2 Å². The van der Waals surface area contributed by atoms with Crippen molar-refractivity contribution in [3.8, 4) is 0 Å². The Morgan fingerprint density at radius 1 is 1.12 bits per heavy atom. The molecule has 11 heteroatoms. The van der Waals surface area contributed by atoms with E-state index in [1.165, 1.54) is 29.7 Å². The summed E-state index contributed by atoms with van der Waals surface area (Å²) >= 11 is 0. The van der Waals surface area contributed by atoms with E-state index in [1.807, 2.05) is 0 Å². The van der Waals surface area contributed by atoms with E-state index in [4.69, 9.17) is 0 Å². The highest BCUT2D eigenvalue weighted by molar-refractivity contribution is 7.92. The summed E-state index contributed by atoms with van der Waals surface area (Å²) in [7, 11) is -3.78. The molecule has 0 bridgehead atoms. The van der Waals surface area contributed by atoms with Gasteiger partial charge in [0.05, 0.1) is 24.1 Å². The van der Waals surface area contributed by atoms with Crippen LogP contribution < -0.4 is 4.72 Å². The minimum absolute atomic E-state index is 0.000523. The Balaban J connectivity index is 2.34. The van der Waals surface area contributed by atoms with Crippen molar-refractivity contribution < 1.29 is 36.2 Å². The van der Waals surface area contributed by atoms with E-state index in [9.17, 15) is 31.5 Å². The number of rotatable bonds is 7. The molecule has 0 amide bonds. The van der Waals surface area contributed by atoms with Gasteiger partial charge in [-0.15, -0.1) is 0 Å². The lowest BCUT2D eigenvalue weighted by Crippen LogP contribution is -2.50. The van der Waals surface area contributed by atoms with Gasteiger partial charge in [0, 0.05) is 23.7 Å². The Morgan fingerprint density at radius 3 is 2.34 bits per heavy atom. The molecule has 0 aliphatic carbocycles. The quantitative estimate of drug-likeness (QED) is 0.516. The van der Waals surface area contributed by atoms with Crippen molar-refractivity contribution >= 4 is 32.6 Å². The van der Waals surface area contributed by atoms with E-state index >= 15 is 0 Å². The number of para-hydroxylation sites is 1. The topological polar surface area (TPSA) is 97.6 Å². The van der Waals surface area contributed by atoms with Gasteiger partial charge in [-0.1, -0.05) is 42.5 Å². The molecule has 2 aromatic carbocycles. The fraction of sp³-hybridized carbons (Fsp3) is 0.286. The molecule has 7 nitrogen and oxygen atoms in total. The first-order valence-electron chi connectivity index (χ1n) is 9.49. The zero-order valence-corrected chi connectivity index (χ0v) is 18.0. The van der Waals surface area contributed by atoms with E-state index < -0.39 is 33.3 Å². The van der Waals surface area contributed by atoms with Crippen LogP contribution in [0, 0.1) is 0 Å². The molecule has 0 saturated carbocycles. The van der Waals surface area contributed by atoms with Crippen LogP contribution in [0.3, 0.4) is 0 Å². The number of halogens is 3. The maximum Gasteiger partial charge on any atom is 0.432 e. The molecule has 0 fully saturated rings. The van der Waals surface area contributed by atoms with Crippen LogP contribution in [0.15, 0.2) is 54.7 Å². The maximum atomic E-state index is 14.0. The summed E-state index contributed by atoms with van der Waals surface area (Å²) in [4.78, 5) is 12.3. The van der Waals surface area contributed by atoms with E-state index in [2.05, 4.69) is 9.46 Å². The SMILES string of the molecule is CCOC(=O)C(O)(c1cn(Cc2ccccc2)c2c(NS(C)(=O)=O)cccc12)C(F)(F)F. The largest absolute Gasteiger partial charge is 0.463 e. The number of carbonyl (C=O) groups is 1. The van der Waals surface area contributed by atoms with Crippen molar-refractivity contribution in [3.05, 3.63) is 65.9 Å². The van der Waals surface area contributed by atoms with Gasteiger partial charge in [0.25, 0.3) is 5.60 Å². The van der Waals surface area contributed by atoms with Crippen molar-refractivity contribution in [2.75, 3.05) is 17.6 Å². The van der Waals surface area contributed by atoms with Crippen molar-refractivity contribution in [1.82, 2.24) is 4.57 Å². The van der Waals surface area contributed by atoms with Crippen LogP contribution in [0.2, 0.25) is 0 Å². The highest BCUT2D eigenvalue weighted by Crippen LogP contribution is 2.44. The van der Waals surface area contributed by atoms with Gasteiger partial charge in [0.2, 0.25) is 10.0 Å². The number of nitrogens with one attached hydrogen (secondary N) is 1. The van der Waals surface area contributed by atoms with Crippen molar-refractivity contribution in [2.45, 2.75) is 25.2 Å². The number of aromatic nitrogens is 1. The van der Waals surface area contributed by atoms with Crippen LogP contribution in [-0.4, -0.2) is 43.1 Å². The number of fused-ring (bicyclic) bond motifs is 1. The number of sulfonamides is 1. The molecule has 3 aromatic rings. The van der Waals surface area contributed by atoms with Gasteiger partial charge in [0.1, 0.15) is 0 Å². The van der Waals surface area contributed by atoms with Crippen LogP contribution >= 0.6 is 0 Å². The molecule has 0 aliphatic heterocycles. The van der Waals surface area contributed by atoms with Crippen LogP contribution in [0.5, 0.6) is 0 Å². The monoisotopic (exact) mass is 470 g/mol. The number of alkyl halides is 3. The van der Waals surface area contributed by atoms with Gasteiger partial charge in [-0.05, 0) is 18.6 Å². The van der Waals surface area contributed by atoms with Crippen LogP contribution in [0.25, 0.3) is 10.9 Å². The molecular weight excluding hydrogens is 449 g/mol. The minimum atomic E-state index is -5.40. The zero-order valence-electron chi connectivity index (χ0n) is 17.2. The Hall–Kier alpha value is -3.05. The molecule has 32 heavy (non-hydrogen) atoms. The minimum Gasteiger partial charge on any atom is -0.463 e. The first-order valence-corrected chi connectivity index (χ1v) is 11.4. The molecule has 1 atom stereocenters. The molecule has 1 unspecified atom stereocenters. The maximum absolute atomic E-state index is 14.0. The zero-order chi connectivity index (χ0) is 23.7. The Labute approximate surface area is 182 Å². The summed E-state index contributed by atoms with van der Waals surface area (Å²) in [6, 6.07) is 12.7. The lowest BCUT2D eigenvalue weighted by molar-refractivity contribution is -0.267. The summed E-state index contributed by atoms with van der Waals surface area (Å²) in [5, 5.41) is 10.5. The second-order valence-electron chi connectivity index (χ2n) is 7.16. The smallest absolute Gasteiger partial charge is 0.432 e. The summed E-state index contributed by atoms with van der Waals surface area (Å²) in [5.74, 6) is -1.87. The van der Waals surface area contributed by atoms with E-state index in [0.717, 1.165) is 12.5 Å². The molecule has 1 heterocycles. The number of benzene rings is 2. The summed E-state index contributed by atoms with van der Waals surface area (Å²) in [6.45, 7) is 0.999. The van der Waals surface area contributed by atoms with E-state index in [-0.39, 0.29) is 29.7 Å². The van der Waals surface area contributed by atoms with Crippen molar-refractivity contribution in [3.63, 3.8) is 0 Å². The number of aliphatic hydroxyl groups is 1. The second kappa shape index (κ2) is 8.47.